The Labute approximate surface area is 113 Å². The second-order valence-electron chi connectivity index (χ2n) is 5.07. The first-order valence-corrected chi connectivity index (χ1v) is 6.72. The van der Waals surface area contributed by atoms with Gasteiger partial charge in [-0.1, -0.05) is 12.1 Å². The first-order chi connectivity index (χ1) is 9.11. The first kappa shape index (κ1) is 14.0. The second-order valence-corrected chi connectivity index (χ2v) is 5.07. The van der Waals surface area contributed by atoms with Gasteiger partial charge in [0.2, 0.25) is 0 Å². The Morgan fingerprint density at radius 3 is 2.74 bits per heavy atom. The Morgan fingerprint density at radius 2 is 2.11 bits per heavy atom. The number of hydrogen-bond donors (Lipinski definition) is 0. The molecule has 0 amide bonds. The van der Waals surface area contributed by atoms with Crippen molar-refractivity contribution < 1.29 is 13.9 Å². The van der Waals surface area contributed by atoms with Crippen LogP contribution in [0, 0.1) is 11.7 Å². The summed E-state index contributed by atoms with van der Waals surface area (Å²) in [7, 11) is 2.01. The van der Waals surface area contributed by atoms with E-state index in [1.54, 1.807) is 12.1 Å². The molecule has 1 fully saturated rings. The Kier molecular flexibility index (Phi) is 4.53. The number of benzene rings is 1. The van der Waals surface area contributed by atoms with Gasteiger partial charge in [0.05, 0.1) is 12.5 Å². The van der Waals surface area contributed by atoms with E-state index in [9.17, 15) is 9.18 Å². The molecule has 104 valence electrons. The number of carbonyl (C=O) groups is 1. The third-order valence-electron chi connectivity index (χ3n) is 3.70. The Balaban J connectivity index is 2.20. The zero-order chi connectivity index (χ0) is 13.8. The van der Waals surface area contributed by atoms with Crippen LogP contribution in [0.15, 0.2) is 24.3 Å². The first-order valence-electron chi connectivity index (χ1n) is 6.72. The molecule has 0 aromatic heterocycles. The minimum absolute atomic E-state index is 0.121. The topological polar surface area (TPSA) is 29.5 Å². The zero-order valence-electron chi connectivity index (χ0n) is 11.4. The standard InChI is InChI=1S/C15H20FNO2/c1-3-19-15(18)14-10-17(2)9-8-13(14)11-4-6-12(16)7-5-11/h4-7,13-14H,3,8-10H2,1-2H3/t13-,14+/m0/s1. The smallest absolute Gasteiger partial charge is 0.310 e. The number of ether oxygens (including phenoxy) is 1. The van der Waals surface area contributed by atoms with Crippen LogP contribution in [-0.2, 0) is 9.53 Å². The van der Waals surface area contributed by atoms with Gasteiger partial charge in [-0.05, 0) is 50.6 Å². The number of likely N-dealkylation sites (tertiary alicyclic amines) is 1. The molecule has 1 aliphatic heterocycles. The minimum Gasteiger partial charge on any atom is -0.466 e. The van der Waals surface area contributed by atoms with E-state index in [4.69, 9.17) is 4.74 Å². The van der Waals surface area contributed by atoms with Gasteiger partial charge in [-0.3, -0.25) is 4.79 Å². The molecule has 1 aromatic rings. The molecule has 1 aliphatic rings. The fourth-order valence-electron chi connectivity index (χ4n) is 2.71. The molecule has 1 aromatic carbocycles. The molecule has 1 heterocycles. The SMILES string of the molecule is CCOC(=O)[C@@H]1CN(C)CC[C@H]1c1ccc(F)cc1. The number of piperidine rings is 1. The minimum atomic E-state index is -0.246. The van der Waals surface area contributed by atoms with Gasteiger partial charge in [-0.25, -0.2) is 4.39 Å². The predicted molar refractivity (Wildman–Crippen MR) is 71.4 cm³/mol. The highest BCUT2D eigenvalue weighted by Crippen LogP contribution is 2.33. The van der Waals surface area contributed by atoms with Crippen molar-refractivity contribution in [2.45, 2.75) is 19.3 Å². The second kappa shape index (κ2) is 6.15. The summed E-state index contributed by atoms with van der Waals surface area (Å²) in [6.45, 7) is 3.85. The summed E-state index contributed by atoms with van der Waals surface area (Å²) in [5.74, 6) is -0.437. The Morgan fingerprint density at radius 1 is 1.42 bits per heavy atom. The lowest BCUT2D eigenvalue weighted by Gasteiger charge is -2.35. The summed E-state index contributed by atoms with van der Waals surface area (Å²) < 4.78 is 18.2. The van der Waals surface area contributed by atoms with Crippen molar-refractivity contribution in [3.8, 4) is 0 Å². The van der Waals surface area contributed by atoms with Gasteiger partial charge in [0.25, 0.3) is 0 Å². The molecule has 0 spiro atoms. The fraction of sp³-hybridized carbons (Fsp3) is 0.533. The van der Waals surface area contributed by atoms with E-state index in [-0.39, 0.29) is 23.6 Å². The van der Waals surface area contributed by atoms with E-state index in [1.807, 2.05) is 14.0 Å². The van der Waals surface area contributed by atoms with Crippen molar-refractivity contribution in [3.05, 3.63) is 35.6 Å². The average molecular weight is 265 g/mol. The van der Waals surface area contributed by atoms with E-state index >= 15 is 0 Å². The third-order valence-corrected chi connectivity index (χ3v) is 3.70. The summed E-state index contributed by atoms with van der Waals surface area (Å²) >= 11 is 0. The largest absolute Gasteiger partial charge is 0.466 e. The van der Waals surface area contributed by atoms with Crippen LogP contribution in [0.5, 0.6) is 0 Å². The maximum Gasteiger partial charge on any atom is 0.310 e. The van der Waals surface area contributed by atoms with Crippen LogP contribution in [0.3, 0.4) is 0 Å². The van der Waals surface area contributed by atoms with E-state index in [0.717, 1.165) is 18.5 Å². The van der Waals surface area contributed by atoms with Gasteiger partial charge in [0.15, 0.2) is 0 Å². The number of rotatable bonds is 3. The zero-order valence-corrected chi connectivity index (χ0v) is 11.4. The number of hydrogen-bond acceptors (Lipinski definition) is 3. The summed E-state index contributed by atoms with van der Waals surface area (Å²) in [6, 6.07) is 6.46. The molecule has 0 bridgehead atoms. The Hall–Kier alpha value is -1.42. The molecule has 0 unspecified atom stereocenters. The van der Waals surface area contributed by atoms with Crippen molar-refractivity contribution in [1.29, 1.82) is 0 Å². The predicted octanol–water partition coefficient (Wildman–Crippen LogP) is 2.42. The average Bonchev–Trinajstić information content (AvgIpc) is 2.40. The monoisotopic (exact) mass is 265 g/mol. The van der Waals surface area contributed by atoms with E-state index in [1.165, 1.54) is 12.1 Å². The van der Waals surface area contributed by atoms with Crippen LogP contribution in [0.2, 0.25) is 0 Å². The van der Waals surface area contributed by atoms with Crippen LogP contribution in [-0.4, -0.2) is 37.6 Å². The van der Waals surface area contributed by atoms with Gasteiger partial charge in [-0.2, -0.15) is 0 Å². The van der Waals surface area contributed by atoms with Gasteiger partial charge in [0, 0.05) is 6.54 Å². The lowest BCUT2D eigenvalue weighted by molar-refractivity contribution is -0.150. The van der Waals surface area contributed by atoms with Crippen LogP contribution >= 0.6 is 0 Å². The van der Waals surface area contributed by atoms with Crippen molar-refractivity contribution >= 4 is 5.97 Å². The van der Waals surface area contributed by atoms with Crippen molar-refractivity contribution in [2.75, 3.05) is 26.7 Å². The van der Waals surface area contributed by atoms with Crippen molar-refractivity contribution in [2.24, 2.45) is 5.92 Å². The number of esters is 1. The number of carbonyl (C=O) groups excluding carboxylic acids is 1. The molecular weight excluding hydrogens is 245 g/mol. The maximum absolute atomic E-state index is 13.0. The van der Waals surface area contributed by atoms with Gasteiger partial charge >= 0.3 is 5.97 Å². The van der Waals surface area contributed by atoms with Crippen molar-refractivity contribution in [1.82, 2.24) is 4.90 Å². The highest BCUT2D eigenvalue weighted by Gasteiger charge is 2.35. The van der Waals surface area contributed by atoms with Crippen LogP contribution in [0.25, 0.3) is 0 Å². The highest BCUT2D eigenvalue weighted by molar-refractivity contribution is 5.74. The van der Waals surface area contributed by atoms with Crippen LogP contribution in [0.1, 0.15) is 24.8 Å². The van der Waals surface area contributed by atoms with Gasteiger partial charge in [-0.15, -0.1) is 0 Å². The molecule has 1 saturated heterocycles. The van der Waals surface area contributed by atoms with Crippen LogP contribution < -0.4 is 0 Å². The highest BCUT2D eigenvalue weighted by atomic mass is 19.1. The molecule has 2 atom stereocenters. The van der Waals surface area contributed by atoms with E-state index < -0.39 is 0 Å². The van der Waals surface area contributed by atoms with Gasteiger partial charge < -0.3 is 9.64 Å². The molecule has 3 nitrogen and oxygen atoms in total. The Bertz CT molecular complexity index is 432. The third kappa shape index (κ3) is 3.32. The summed E-state index contributed by atoms with van der Waals surface area (Å²) in [4.78, 5) is 14.2. The van der Waals surface area contributed by atoms with Crippen LogP contribution in [0.4, 0.5) is 4.39 Å². The molecule has 0 aliphatic carbocycles. The quantitative estimate of drug-likeness (QED) is 0.786. The molecular formula is C15H20FNO2. The number of halogens is 1. The summed E-state index contributed by atoms with van der Waals surface area (Å²) in [5.41, 5.74) is 1.02. The maximum atomic E-state index is 13.0. The van der Waals surface area contributed by atoms with Gasteiger partial charge in [0.1, 0.15) is 5.82 Å². The van der Waals surface area contributed by atoms with E-state index in [2.05, 4.69) is 4.90 Å². The molecule has 0 saturated carbocycles. The lowest BCUT2D eigenvalue weighted by Crippen LogP contribution is -2.41. The molecule has 4 heteroatoms. The summed E-state index contributed by atoms with van der Waals surface area (Å²) in [5, 5.41) is 0. The van der Waals surface area contributed by atoms with E-state index in [0.29, 0.717) is 13.2 Å². The molecule has 0 radical (unpaired) electrons. The number of nitrogens with zero attached hydrogens (tertiary/aromatic N) is 1. The molecule has 0 N–H and O–H groups in total. The molecule has 19 heavy (non-hydrogen) atoms. The lowest BCUT2D eigenvalue weighted by atomic mass is 9.80. The normalized spacial score (nSPS) is 24.2. The summed E-state index contributed by atoms with van der Waals surface area (Å²) in [6.07, 6.45) is 0.894. The molecule has 2 rings (SSSR count). The van der Waals surface area contributed by atoms with Crippen molar-refractivity contribution in [3.63, 3.8) is 0 Å². The fourth-order valence-corrected chi connectivity index (χ4v) is 2.71.